The topological polar surface area (TPSA) is 49.8 Å². The van der Waals surface area contributed by atoms with E-state index in [1.807, 2.05) is 19.0 Å². The van der Waals surface area contributed by atoms with Crippen LogP contribution in [0.4, 0.5) is 0 Å². The van der Waals surface area contributed by atoms with Crippen LogP contribution in [-0.4, -0.2) is 36.7 Å². The van der Waals surface area contributed by atoms with Gasteiger partial charge in [0, 0.05) is 0 Å². The van der Waals surface area contributed by atoms with E-state index in [0.717, 1.165) is 0 Å². The Bertz CT molecular complexity index is 175. The van der Waals surface area contributed by atoms with E-state index in [9.17, 15) is 4.79 Å². The zero-order valence-corrected chi connectivity index (χ0v) is 7.57. The number of hydrogen-bond donors (Lipinski definition) is 1. The quantitative estimate of drug-likeness (QED) is 0.377. The fraction of sp³-hybridized carbons (Fsp3) is 0.500. The van der Waals surface area contributed by atoms with E-state index in [-0.39, 0.29) is 5.57 Å². The van der Waals surface area contributed by atoms with Crippen molar-refractivity contribution in [1.29, 1.82) is 0 Å². The molecule has 0 fully saturated rings. The van der Waals surface area contributed by atoms with Crippen LogP contribution in [0, 0.1) is 6.54 Å². The lowest BCUT2D eigenvalue weighted by atomic mass is 10.3. The first-order valence-corrected chi connectivity index (χ1v) is 3.55. The maximum absolute atomic E-state index is 10.3. The van der Waals surface area contributed by atoms with Crippen LogP contribution in [0.15, 0.2) is 11.8 Å². The molecule has 4 nitrogen and oxygen atoms in total. The third-order valence-electron chi connectivity index (χ3n) is 1.13. The lowest BCUT2D eigenvalue weighted by Gasteiger charge is -2.07. The minimum atomic E-state index is -0.958. The van der Waals surface area contributed by atoms with Gasteiger partial charge in [0.2, 0.25) is 0 Å². The van der Waals surface area contributed by atoms with Crippen molar-refractivity contribution in [2.75, 3.05) is 20.7 Å². The van der Waals surface area contributed by atoms with E-state index in [2.05, 4.69) is 0 Å². The van der Waals surface area contributed by atoms with Crippen molar-refractivity contribution in [2.24, 2.45) is 0 Å². The van der Waals surface area contributed by atoms with Crippen LogP contribution in [0.3, 0.4) is 0 Å². The fourth-order valence-corrected chi connectivity index (χ4v) is 0.416. The maximum atomic E-state index is 10.3. The monoisotopic (exact) mass is 172 g/mol. The average Bonchev–Trinajstić information content (AvgIpc) is 1.97. The first kappa shape index (κ1) is 11.0. The molecule has 0 aliphatic carbocycles. The van der Waals surface area contributed by atoms with Gasteiger partial charge in [-0.25, -0.2) is 4.79 Å². The lowest BCUT2D eigenvalue weighted by molar-refractivity contribution is -0.132. The van der Waals surface area contributed by atoms with Crippen LogP contribution >= 0.6 is 0 Å². The zero-order chi connectivity index (χ0) is 9.56. The number of nitrogens with zero attached hydrogens (tertiary/aromatic N) is 1. The number of ether oxygens (including phenoxy) is 1. The predicted molar refractivity (Wildman–Crippen MR) is 45.3 cm³/mol. The smallest absolute Gasteiger partial charge is 0.334 e. The van der Waals surface area contributed by atoms with Crippen molar-refractivity contribution in [3.05, 3.63) is 18.4 Å². The molecular formula is C8H14NO3. The average molecular weight is 172 g/mol. The Morgan fingerprint density at radius 3 is 2.58 bits per heavy atom. The molecule has 0 amide bonds. The Morgan fingerprint density at radius 1 is 1.58 bits per heavy atom. The molecule has 1 radical (unpaired) electrons. The van der Waals surface area contributed by atoms with Crippen molar-refractivity contribution in [3.8, 4) is 0 Å². The zero-order valence-electron chi connectivity index (χ0n) is 7.57. The molecule has 1 N–H and O–H groups in total. The van der Waals surface area contributed by atoms with Gasteiger partial charge in [-0.2, -0.15) is 0 Å². The molecule has 69 valence electrons. The van der Waals surface area contributed by atoms with Gasteiger partial charge < -0.3 is 14.7 Å². The van der Waals surface area contributed by atoms with Crippen LogP contribution in [0.2, 0.25) is 0 Å². The van der Waals surface area contributed by atoms with Crippen molar-refractivity contribution < 1.29 is 14.6 Å². The molecule has 0 saturated carbocycles. The van der Waals surface area contributed by atoms with Gasteiger partial charge >= 0.3 is 5.97 Å². The highest BCUT2D eigenvalue weighted by atomic mass is 16.5. The summed E-state index contributed by atoms with van der Waals surface area (Å²) in [5, 5.41) is 8.42. The van der Waals surface area contributed by atoms with Gasteiger partial charge in [0.05, 0.1) is 18.4 Å². The largest absolute Gasteiger partial charge is 0.499 e. The van der Waals surface area contributed by atoms with Crippen molar-refractivity contribution in [3.63, 3.8) is 0 Å². The van der Waals surface area contributed by atoms with Gasteiger partial charge in [0.25, 0.3) is 0 Å². The summed E-state index contributed by atoms with van der Waals surface area (Å²) in [5.74, 6) is -0.958. The molecule has 0 aromatic heterocycles. The van der Waals surface area contributed by atoms with Crippen LogP contribution < -0.4 is 0 Å². The third-order valence-corrected chi connectivity index (χ3v) is 1.13. The molecule has 0 aromatic rings. The van der Waals surface area contributed by atoms with Crippen LogP contribution in [-0.2, 0) is 9.53 Å². The summed E-state index contributed by atoms with van der Waals surface area (Å²) in [6.07, 6.45) is 1.24. The highest BCUT2D eigenvalue weighted by Crippen LogP contribution is 1.93. The number of rotatable bonds is 5. The highest BCUT2D eigenvalue weighted by molar-refractivity contribution is 5.85. The number of hydrogen-bond acceptors (Lipinski definition) is 3. The molecule has 0 atom stereocenters. The minimum absolute atomic E-state index is 0.196. The van der Waals surface area contributed by atoms with Gasteiger partial charge in [-0.15, -0.1) is 0 Å². The predicted octanol–water partition coefficient (Wildman–Crippen LogP) is 0.715. The fourth-order valence-electron chi connectivity index (χ4n) is 0.416. The Morgan fingerprint density at radius 2 is 2.17 bits per heavy atom. The Hall–Kier alpha value is -1.03. The summed E-state index contributed by atoms with van der Waals surface area (Å²) in [6, 6.07) is 0. The van der Waals surface area contributed by atoms with Gasteiger partial charge in [-0.3, -0.25) is 0 Å². The van der Waals surface area contributed by atoms with Crippen molar-refractivity contribution in [2.45, 2.75) is 6.92 Å². The molecular weight excluding hydrogens is 158 g/mol. The third kappa shape index (κ3) is 5.73. The Kier molecular flexibility index (Phi) is 5.12. The molecule has 0 aromatic carbocycles. The molecule has 0 heterocycles. The van der Waals surface area contributed by atoms with Gasteiger partial charge in [0.15, 0.2) is 0 Å². The number of aliphatic carboxylic acids is 1. The van der Waals surface area contributed by atoms with Crippen LogP contribution in [0.1, 0.15) is 6.92 Å². The molecule has 0 saturated heterocycles. The van der Waals surface area contributed by atoms with E-state index in [4.69, 9.17) is 9.84 Å². The van der Waals surface area contributed by atoms with Crippen molar-refractivity contribution >= 4 is 5.97 Å². The highest BCUT2D eigenvalue weighted by Gasteiger charge is 1.98. The van der Waals surface area contributed by atoms with E-state index in [1.165, 1.54) is 13.2 Å². The molecule has 0 spiro atoms. The number of likely N-dealkylation sites (N-methyl/N-ethyl adjacent to an activating group) is 1. The van der Waals surface area contributed by atoms with Crippen molar-refractivity contribution in [1.82, 2.24) is 4.90 Å². The summed E-state index contributed by atoms with van der Waals surface area (Å²) >= 11 is 0. The molecule has 0 bridgehead atoms. The summed E-state index contributed by atoms with van der Waals surface area (Å²) < 4.78 is 4.93. The second-order valence-corrected chi connectivity index (χ2v) is 2.59. The normalized spacial score (nSPS) is 11.8. The van der Waals surface area contributed by atoms with E-state index < -0.39 is 5.97 Å². The first-order valence-electron chi connectivity index (χ1n) is 3.55. The molecule has 0 unspecified atom stereocenters. The Balaban J connectivity index is 3.54. The summed E-state index contributed by atoms with van der Waals surface area (Å²) in [6.45, 7) is 3.67. The first-order chi connectivity index (χ1) is 5.54. The Labute approximate surface area is 72.4 Å². The molecule has 0 rings (SSSR count). The summed E-state index contributed by atoms with van der Waals surface area (Å²) in [5.41, 5.74) is 0.196. The number of carboxylic acids is 1. The summed E-state index contributed by atoms with van der Waals surface area (Å²) in [7, 11) is 3.74. The lowest BCUT2D eigenvalue weighted by Crippen LogP contribution is -2.11. The number of carbonyl (C=O) groups is 1. The van der Waals surface area contributed by atoms with Gasteiger partial charge in [0.1, 0.15) is 6.61 Å². The second-order valence-electron chi connectivity index (χ2n) is 2.59. The minimum Gasteiger partial charge on any atom is -0.499 e. The van der Waals surface area contributed by atoms with E-state index in [0.29, 0.717) is 6.61 Å². The molecule has 4 heteroatoms. The number of carboxylic acid groups (broad SMARTS) is 1. The van der Waals surface area contributed by atoms with Crippen LogP contribution in [0.5, 0.6) is 0 Å². The summed E-state index contributed by atoms with van der Waals surface area (Å²) in [4.78, 5) is 12.1. The molecule has 0 aliphatic heterocycles. The maximum Gasteiger partial charge on any atom is 0.334 e. The molecule has 0 aliphatic rings. The SMILES string of the molecule is CC(=COC[CH]N(C)C)C(=O)O. The van der Waals surface area contributed by atoms with E-state index in [1.54, 1.807) is 6.54 Å². The second kappa shape index (κ2) is 5.60. The molecule has 12 heavy (non-hydrogen) atoms. The standard InChI is InChI=1S/C8H14NO3/c1-7(8(10)11)6-12-5-4-9(2)3/h4,6H,5H2,1-3H3,(H,10,11). The van der Waals surface area contributed by atoms with Gasteiger partial charge in [-0.05, 0) is 21.0 Å². The van der Waals surface area contributed by atoms with Crippen LogP contribution in [0.25, 0.3) is 0 Å². The van der Waals surface area contributed by atoms with Gasteiger partial charge in [-0.1, -0.05) is 0 Å². The van der Waals surface area contributed by atoms with E-state index >= 15 is 0 Å².